The first-order valence-corrected chi connectivity index (χ1v) is 7.36. The van der Waals surface area contributed by atoms with E-state index >= 15 is 0 Å². The molecule has 3 fully saturated rings. The van der Waals surface area contributed by atoms with Gasteiger partial charge in [-0.2, -0.15) is 0 Å². The van der Waals surface area contributed by atoms with Gasteiger partial charge in [-0.15, -0.1) is 0 Å². The summed E-state index contributed by atoms with van der Waals surface area (Å²) in [6.07, 6.45) is 0.0527. The van der Waals surface area contributed by atoms with Gasteiger partial charge in [-0.25, -0.2) is 0 Å². The van der Waals surface area contributed by atoms with E-state index in [-0.39, 0.29) is 6.10 Å². The first kappa shape index (κ1) is 12.6. The molecule has 0 unspecified atom stereocenters. The van der Waals surface area contributed by atoms with Crippen molar-refractivity contribution in [3.05, 3.63) is 29.8 Å². The minimum Gasteiger partial charge on any atom is -0.491 e. The van der Waals surface area contributed by atoms with Gasteiger partial charge in [-0.3, -0.25) is 0 Å². The van der Waals surface area contributed by atoms with Crippen molar-refractivity contribution >= 4 is 6.89 Å². The minimum atomic E-state index is -1.55. The zero-order valence-electron chi connectivity index (χ0n) is 11.8. The second-order valence-electron chi connectivity index (χ2n) is 6.08. The zero-order valence-corrected chi connectivity index (χ0v) is 11.8. The van der Waals surface area contributed by atoms with Crippen LogP contribution in [0.5, 0.6) is 5.75 Å². The molecule has 0 N–H and O–H groups in total. The van der Waals surface area contributed by atoms with Crippen LogP contribution in [0.4, 0.5) is 0 Å². The van der Waals surface area contributed by atoms with Crippen LogP contribution in [0.1, 0.15) is 5.56 Å². The summed E-state index contributed by atoms with van der Waals surface area (Å²) in [6, 6.07) is 8.10. The summed E-state index contributed by atoms with van der Waals surface area (Å²) in [6.45, 7) is 5.49. The lowest BCUT2D eigenvalue weighted by atomic mass is 9.94. The molecular weight excluding hydrogens is 257 g/mol. The van der Waals surface area contributed by atoms with Gasteiger partial charge >= 0.3 is 6.89 Å². The lowest BCUT2D eigenvalue weighted by molar-refractivity contribution is -0.816. The monoisotopic (exact) mass is 277 g/mol. The third-order valence-corrected chi connectivity index (χ3v) is 4.79. The van der Waals surface area contributed by atoms with Crippen molar-refractivity contribution in [1.82, 2.24) is 0 Å². The van der Waals surface area contributed by atoms with E-state index in [0.717, 1.165) is 43.0 Å². The summed E-state index contributed by atoms with van der Waals surface area (Å²) in [5.74, 6) is 0.887. The van der Waals surface area contributed by atoms with Crippen LogP contribution in [0.15, 0.2) is 24.3 Å². The first-order valence-electron chi connectivity index (χ1n) is 7.36. The summed E-state index contributed by atoms with van der Waals surface area (Å²) in [5, 5.41) is 0. The van der Waals surface area contributed by atoms with E-state index in [2.05, 4.69) is 19.1 Å². The number of ether oxygens (including phenoxy) is 1. The molecule has 0 saturated carbocycles. The van der Waals surface area contributed by atoms with Gasteiger partial charge < -0.3 is 23.1 Å². The molecule has 0 amide bonds. The maximum absolute atomic E-state index is 6.10. The average Bonchev–Trinajstić information content (AvgIpc) is 2.99. The molecule has 1 aromatic carbocycles. The second-order valence-corrected chi connectivity index (χ2v) is 6.08. The predicted octanol–water partition coefficient (Wildman–Crippen LogP) is 1.09. The maximum atomic E-state index is 6.10. The number of nitrogens with zero attached hydrogens (tertiary/aromatic N) is 1. The molecule has 3 saturated heterocycles. The Morgan fingerprint density at radius 1 is 1.20 bits per heavy atom. The third-order valence-electron chi connectivity index (χ3n) is 4.79. The van der Waals surface area contributed by atoms with Gasteiger partial charge in [0.2, 0.25) is 0 Å². The van der Waals surface area contributed by atoms with Crippen molar-refractivity contribution in [3.63, 3.8) is 0 Å². The van der Waals surface area contributed by atoms with Crippen molar-refractivity contribution in [2.75, 3.05) is 39.5 Å². The minimum absolute atomic E-state index is 0.0527. The van der Waals surface area contributed by atoms with E-state index in [1.54, 1.807) is 0 Å². The standard InChI is InChI=1S/C14H20BNO4/c1-12-2-4-13(5-3-12)17-11-14-10-16-6-8-18-15(16,20-14)19-9-7-16/h2-5,14H,6-11H2,1H3/t14-,15?,16?/m1/s1. The van der Waals surface area contributed by atoms with Gasteiger partial charge in [0.25, 0.3) is 0 Å². The lowest BCUT2D eigenvalue weighted by Gasteiger charge is -2.37. The molecular formula is C14H20BNO4. The van der Waals surface area contributed by atoms with Gasteiger partial charge in [-0.05, 0) is 19.1 Å². The van der Waals surface area contributed by atoms with Crippen LogP contribution in [0, 0.1) is 6.92 Å². The fraction of sp³-hybridized carbons (Fsp3) is 0.571. The van der Waals surface area contributed by atoms with E-state index in [0.29, 0.717) is 6.61 Å². The Morgan fingerprint density at radius 2 is 1.90 bits per heavy atom. The number of hydrogen-bond donors (Lipinski definition) is 0. The van der Waals surface area contributed by atoms with Crippen LogP contribution >= 0.6 is 0 Å². The van der Waals surface area contributed by atoms with E-state index < -0.39 is 6.89 Å². The highest BCUT2D eigenvalue weighted by Gasteiger charge is 2.66. The molecule has 1 aromatic rings. The largest absolute Gasteiger partial charge is 0.625 e. The molecule has 0 spiro atoms. The molecule has 3 aliphatic rings. The van der Waals surface area contributed by atoms with Crippen molar-refractivity contribution in [2.45, 2.75) is 13.0 Å². The molecule has 6 heteroatoms. The Balaban J connectivity index is 1.41. The van der Waals surface area contributed by atoms with Crippen LogP contribution in [0.3, 0.4) is 0 Å². The zero-order chi connectivity index (χ0) is 13.6. The molecule has 4 rings (SSSR count). The number of quaternary nitrogens is 1. The van der Waals surface area contributed by atoms with Crippen molar-refractivity contribution in [3.8, 4) is 5.75 Å². The third kappa shape index (κ3) is 1.79. The average molecular weight is 277 g/mol. The topological polar surface area (TPSA) is 36.9 Å². The molecule has 3 aliphatic heterocycles. The Hall–Kier alpha value is -1.08. The van der Waals surface area contributed by atoms with E-state index in [9.17, 15) is 0 Å². The Kier molecular flexibility index (Phi) is 2.82. The highest BCUT2D eigenvalue weighted by Crippen LogP contribution is 2.41. The number of aryl methyl sites for hydroxylation is 1. The summed E-state index contributed by atoms with van der Waals surface area (Å²) < 4.78 is 24.4. The Bertz CT molecular complexity index is 476. The summed E-state index contributed by atoms with van der Waals surface area (Å²) >= 11 is 0. The molecule has 3 heterocycles. The fourth-order valence-electron chi connectivity index (χ4n) is 3.69. The second kappa shape index (κ2) is 4.46. The summed E-state index contributed by atoms with van der Waals surface area (Å²) in [5.41, 5.74) is 1.23. The van der Waals surface area contributed by atoms with Gasteiger partial charge in [0.05, 0.1) is 32.8 Å². The molecule has 0 aromatic heterocycles. The highest BCUT2D eigenvalue weighted by atomic mass is 16.8. The molecule has 20 heavy (non-hydrogen) atoms. The van der Waals surface area contributed by atoms with E-state index in [4.69, 9.17) is 18.7 Å². The van der Waals surface area contributed by atoms with Gasteiger partial charge in [-0.1, -0.05) is 17.7 Å². The molecule has 108 valence electrons. The van der Waals surface area contributed by atoms with Gasteiger partial charge in [0, 0.05) is 0 Å². The van der Waals surface area contributed by atoms with Crippen molar-refractivity contribution in [1.29, 1.82) is 0 Å². The normalized spacial score (nSPS) is 38.8. The molecule has 0 bridgehead atoms. The van der Waals surface area contributed by atoms with Crippen molar-refractivity contribution in [2.24, 2.45) is 0 Å². The number of hydrogen-bond acceptors (Lipinski definition) is 4. The van der Waals surface area contributed by atoms with Crippen LogP contribution in [0.2, 0.25) is 0 Å². The fourth-order valence-corrected chi connectivity index (χ4v) is 3.69. The lowest BCUT2D eigenvalue weighted by Crippen LogP contribution is -2.59. The van der Waals surface area contributed by atoms with Crippen LogP contribution in [0.25, 0.3) is 0 Å². The van der Waals surface area contributed by atoms with Crippen molar-refractivity contribution < 1.29 is 23.1 Å². The summed E-state index contributed by atoms with van der Waals surface area (Å²) in [7, 11) is 0. The first-order chi connectivity index (χ1) is 9.71. The maximum Gasteiger partial charge on any atom is 0.625 e. The highest BCUT2D eigenvalue weighted by molar-refractivity contribution is 6.54. The van der Waals surface area contributed by atoms with Gasteiger partial charge in [0.15, 0.2) is 0 Å². The number of benzene rings is 1. The molecule has 1 atom stereocenters. The van der Waals surface area contributed by atoms with Crippen LogP contribution in [-0.4, -0.2) is 56.8 Å². The van der Waals surface area contributed by atoms with Gasteiger partial charge in [0.1, 0.15) is 18.5 Å². The Morgan fingerprint density at radius 3 is 2.55 bits per heavy atom. The Labute approximate surface area is 119 Å². The quantitative estimate of drug-likeness (QED) is 0.775. The predicted molar refractivity (Wildman–Crippen MR) is 74.1 cm³/mol. The summed E-state index contributed by atoms with van der Waals surface area (Å²) in [4.78, 5) is 0. The SMILES string of the molecule is Cc1ccc(OC[C@H]2C[N+]34CCO[B-]3(OCC4)O2)cc1. The number of rotatable bonds is 3. The van der Waals surface area contributed by atoms with Crippen LogP contribution < -0.4 is 4.74 Å². The van der Waals surface area contributed by atoms with E-state index in [1.807, 2.05) is 12.1 Å². The molecule has 0 radical (unpaired) electrons. The smallest absolute Gasteiger partial charge is 0.491 e. The molecule has 0 aliphatic carbocycles. The van der Waals surface area contributed by atoms with Crippen LogP contribution in [-0.2, 0) is 14.0 Å². The van der Waals surface area contributed by atoms with E-state index in [1.165, 1.54) is 5.56 Å². The molecule has 5 nitrogen and oxygen atoms in total.